The molecule has 0 bridgehead atoms. The van der Waals surface area contributed by atoms with Crippen LogP contribution in [-0.4, -0.2) is 49.8 Å². The Bertz CT molecular complexity index is 142. The fourth-order valence-corrected chi connectivity index (χ4v) is 1.17. The van der Waals surface area contributed by atoms with E-state index in [0.29, 0.717) is 26.4 Å². The van der Waals surface area contributed by atoms with Gasteiger partial charge in [-0.3, -0.25) is 0 Å². The summed E-state index contributed by atoms with van der Waals surface area (Å²) in [5.74, 6) is 0. The minimum Gasteiger partial charge on any atom is -0.394 e. The van der Waals surface area contributed by atoms with E-state index in [1.165, 1.54) is 0 Å². The Morgan fingerprint density at radius 2 is 1.67 bits per heavy atom. The van der Waals surface area contributed by atoms with Crippen molar-refractivity contribution in [3.05, 3.63) is 0 Å². The number of hydrogen-bond donors (Lipinski definition) is 1. The molecule has 1 atom stereocenters. The van der Waals surface area contributed by atoms with Crippen molar-refractivity contribution in [3.8, 4) is 0 Å². The molecule has 15 heavy (non-hydrogen) atoms. The summed E-state index contributed by atoms with van der Waals surface area (Å²) in [4.78, 5) is 0. The fraction of sp³-hybridized carbons (Fsp3) is 1.00. The monoisotopic (exact) mass is 220 g/mol. The summed E-state index contributed by atoms with van der Waals surface area (Å²) in [5, 5.41) is 8.45. The van der Waals surface area contributed by atoms with Gasteiger partial charge in [-0.05, 0) is 27.7 Å². The summed E-state index contributed by atoms with van der Waals surface area (Å²) in [6.45, 7) is 10.1. The quantitative estimate of drug-likeness (QED) is 0.625. The van der Waals surface area contributed by atoms with Crippen molar-refractivity contribution in [1.29, 1.82) is 0 Å². The molecule has 0 aliphatic heterocycles. The van der Waals surface area contributed by atoms with Gasteiger partial charge in [0.15, 0.2) is 0 Å². The van der Waals surface area contributed by atoms with Gasteiger partial charge in [0.05, 0.1) is 44.7 Å². The number of aliphatic hydroxyl groups excluding tert-OH is 1. The summed E-state index contributed by atoms with van der Waals surface area (Å²) in [6, 6.07) is 0. The molecule has 0 spiro atoms. The maximum Gasteiger partial charge on any atom is 0.0787 e. The van der Waals surface area contributed by atoms with E-state index in [1.807, 2.05) is 27.7 Å². The molecule has 1 unspecified atom stereocenters. The topological polar surface area (TPSA) is 47.9 Å². The molecule has 4 nitrogen and oxygen atoms in total. The maximum atomic E-state index is 8.45. The molecule has 0 amide bonds. The van der Waals surface area contributed by atoms with Crippen LogP contribution in [0.4, 0.5) is 0 Å². The van der Waals surface area contributed by atoms with Gasteiger partial charge < -0.3 is 19.3 Å². The molecule has 0 aromatic carbocycles. The first-order chi connectivity index (χ1) is 6.95. The Balaban J connectivity index is 3.28. The zero-order valence-electron chi connectivity index (χ0n) is 10.3. The highest BCUT2D eigenvalue weighted by Crippen LogP contribution is 2.10. The van der Waals surface area contributed by atoms with Crippen LogP contribution in [0.3, 0.4) is 0 Å². The first-order valence-electron chi connectivity index (χ1n) is 5.40. The third-order valence-corrected chi connectivity index (χ3v) is 1.51. The average molecular weight is 220 g/mol. The molecule has 0 aromatic rings. The van der Waals surface area contributed by atoms with Crippen LogP contribution in [0, 0.1) is 0 Å². The summed E-state index contributed by atoms with van der Waals surface area (Å²) in [5.41, 5.74) is -0.129. The number of rotatable bonds is 8. The van der Waals surface area contributed by atoms with Gasteiger partial charge in [-0.2, -0.15) is 0 Å². The Hall–Kier alpha value is -0.160. The van der Waals surface area contributed by atoms with Crippen LogP contribution in [0.15, 0.2) is 0 Å². The van der Waals surface area contributed by atoms with Crippen molar-refractivity contribution in [3.63, 3.8) is 0 Å². The molecular formula is C11H24O4. The van der Waals surface area contributed by atoms with Gasteiger partial charge in [-0.15, -0.1) is 0 Å². The predicted molar refractivity (Wildman–Crippen MR) is 59.0 cm³/mol. The van der Waals surface area contributed by atoms with Crippen LogP contribution in [-0.2, 0) is 14.2 Å². The van der Waals surface area contributed by atoms with Crippen LogP contribution in [0.5, 0.6) is 0 Å². The molecule has 1 N–H and O–H groups in total. The van der Waals surface area contributed by atoms with E-state index >= 15 is 0 Å². The van der Waals surface area contributed by atoms with E-state index in [1.54, 1.807) is 0 Å². The molecule has 0 heterocycles. The molecule has 0 rings (SSSR count). The van der Waals surface area contributed by atoms with E-state index in [2.05, 4.69) is 0 Å². The molecule has 4 heteroatoms. The summed E-state index contributed by atoms with van der Waals surface area (Å²) >= 11 is 0. The summed E-state index contributed by atoms with van der Waals surface area (Å²) in [6.07, 6.45) is 0.0860. The minimum absolute atomic E-state index is 0.0591. The zero-order valence-corrected chi connectivity index (χ0v) is 10.3. The first kappa shape index (κ1) is 14.8. The second kappa shape index (κ2) is 8.05. The van der Waals surface area contributed by atoms with E-state index in [-0.39, 0.29) is 18.3 Å². The zero-order chi connectivity index (χ0) is 11.7. The Labute approximate surface area is 92.5 Å². The lowest BCUT2D eigenvalue weighted by atomic mass is 10.2. The lowest BCUT2D eigenvalue weighted by molar-refractivity contribution is -0.0889. The van der Waals surface area contributed by atoms with Gasteiger partial charge in [0.2, 0.25) is 0 Å². The van der Waals surface area contributed by atoms with Crippen LogP contribution in [0.1, 0.15) is 27.7 Å². The van der Waals surface area contributed by atoms with Crippen LogP contribution in [0.25, 0.3) is 0 Å². The predicted octanol–water partition coefficient (Wildman–Crippen LogP) is 1.22. The van der Waals surface area contributed by atoms with E-state index in [4.69, 9.17) is 19.3 Å². The van der Waals surface area contributed by atoms with Crippen molar-refractivity contribution < 1.29 is 19.3 Å². The second-order valence-corrected chi connectivity index (χ2v) is 4.45. The molecule has 92 valence electrons. The highest BCUT2D eigenvalue weighted by molar-refractivity contribution is 4.62. The molecule has 0 aliphatic rings. The van der Waals surface area contributed by atoms with Crippen molar-refractivity contribution in [2.24, 2.45) is 0 Å². The van der Waals surface area contributed by atoms with E-state index in [0.717, 1.165) is 0 Å². The SMILES string of the molecule is CC(COCCOCCO)OC(C)(C)C. The molecular weight excluding hydrogens is 196 g/mol. The maximum absolute atomic E-state index is 8.45. The van der Waals surface area contributed by atoms with Gasteiger partial charge in [0.25, 0.3) is 0 Å². The fourth-order valence-electron chi connectivity index (χ4n) is 1.17. The molecule has 0 aliphatic carbocycles. The second-order valence-electron chi connectivity index (χ2n) is 4.45. The summed E-state index contributed by atoms with van der Waals surface area (Å²) in [7, 11) is 0. The minimum atomic E-state index is -0.129. The van der Waals surface area contributed by atoms with E-state index < -0.39 is 0 Å². The third-order valence-electron chi connectivity index (χ3n) is 1.51. The Morgan fingerprint density at radius 3 is 2.20 bits per heavy atom. The molecule has 0 saturated heterocycles. The van der Waals surface area contributed by atoms with Gasteiger partial charge in [-0.1, -0.05) is 0 Å². The number of hydrogen-bond acceptors (Lipinski definition) is 4. The van der Waals surface area contributed by atoms with Crippen LogP contribution < -0.4 is 0 Å². The summed E-state index contributed by atoms with van der Waals surface area (Å²) < 4.78 is 16.1. The van der Waals surface area contributed by atoms with Crippen molar-refractivity contribution in [2.45, 2.75) is 39.4 Å². The van der Waals surface area contributed by atoms with Crippen LogP contribution >= 0.6 is 0 Å². The van der Waals surface area contributed by atoms with Crippen LogP contribution in [0.2, 0.25) is 0 Å². The molecule has 0 aromatic heterocycles. The Morgan fingerprint density at radius 1 is 1.07 bits per heavy atom. The average Bonchev–Trinajstić information content (AvgIpc) is 2.08. The lowest BCUT2D eigenvalue weighted by Crippen LogP contribution is -2.29. The number of aliphatic hydroxyl groups is 1. The molecule has 0 radical (unpaired) electrons. The Kier molecular flexibility index (Phi) is 7.96. The first-order valence-corrected chi connectivity index (χ1v) is 5.40. The standard InChI is InChI=1S/C11H24O4/c1-10(15-11(2,3)4)9-14-8-7-13-6-5-12/h10,12H,5-9H2,1-4H3. The van der Waals surface area contributed by atoms with Crippen molar-refractivity contribution >= 4 is 0 Å². The smallest absolute Gasteiger partial charge is 0.0787 e. The van der Waals surface area contributed by atoms with Gasteiger partial charge in [-0.25, -0.2) is 0 Å². The largest absolute Gasteiger partial charge is 0.394 e. The van der Waals surface area contributed by atoms with E-state index in [9.17, 15) is 0 Å². The van der Waals surface area contributed by atoms with Gasteiger partial charge >= 0.3 is 0 Å². The van der Waals surface area contributed by atoms with Gasteiger partial charge in [0.1, 0.15) is 0 Å². The van der Waals surface area contributed by atoms with Crippen molar-refractivity contribution in [2.75, 3.05) is 33.0 Å². The molecule has 0 saturated carbocycles. The van der Waals surface area contributed by atoms with Gasteiger partial charge in [0, 0.05) is 0 Å². The van der Waals surface area contributed by atoms with Crippen molar-refractivity contribution in [1.82, 2.24) is 0 Å². The highest BCUT2D eigenvalue weighted by atomic mass is 16.6. The molecule has 0 fully saturated rings. The third kappa shape index (κ3) is 11.8. The lowest BCUT2D eigenvalue weighted by Gasteiger charge is -2.24. The number of ether oxygens (including phenoxy) is 3. The normalized spacial score (nSPS) is 14.2. The highest BCUT2D eigenvalue weighted by Gasteiger charge is 2.14.